The number of nitrogens with one attached hydrogen (secondary N) is 1. The summed E-state index contributed by atoms with van der Waals surface area (Å²) in [6.45, 7) is -0.743. The fourth-order valence-electron chi connectivity index (χ4n) is 1.46. The molecule has 3 heteroatoms. The number of fused-ring (bicyclic) bond motifs is 1. The van der Waals surface area contributed by atoms with Gasteiger partial charge in [-0.05, 0) is 22.9 Å². The Balaban J connectivity index is 2.34. The van der Waals surface area contributed by atoms with Crippen molar-refractivity contribution in [2.45, 2.75) is 0 Å². The maximum atomic E-state index is 10.9. The van der Waals surface area contributed by atoms with E-state index in [9.17, 15) is 9.90 Å². The van der Waals surface area contributed by atoms with Gasteiger partial charge in [0.2, 0.25) is 0 Å². The van der Waals surface area contributed by atoms with Gasteiger partial charge in [-0.2, -0.15) is 0 Å². The van der Waals surface area contributed by atoms with Gasteiger partial charge in [-0.15, -0.1) is 0 Å². The lowest BCUT2D eigenvalue weighted by Gasteiger charge is -2.04. The second-order valence-corrected chi connectivity index (χ2v) is 3.25. The molecule has 2 aromatic carbocycles. The number of carbonyl (C=O) groups is 1. The average molecular weight is 200 g/mol. The molecule has 75 valence electrons. The Hall–Kier alpha value is -1.87. The van der Waals surface area contributed by atoms with Crippen LogP contribution in [0.15, 0.2) is 42.5 Å². The zero-order chi connectivity index (χ0) is 10.7. The lowest BCUT2D eigenvalue weighted by Crippen LogP contribution is -2.14. The van der Waals surface area contributed by atoms with E-state index in [1.54, 1.807) is 6.07 Å². The molecule has 2 aromatic rings. The third-order valence-corrected chi connectivity index (χ3v) is 2.16. The lowest BCUT2D eigenvalue weighted by atomic mass is 10.1. The quantitative estimate of drug-likeness (QED) is 0.793. The Morgan fingerprint density at radius 2 is 1.80 bits per heavy atom. The first kappa shape index (κ1) is 9.68. The third-order valence-electron chi connectivity index (χ3n) is 2.16. The molecule has 0 atom stereocenters. The van der Waals surface area contributed by atoms with Crippen molar-refractivity contribution in [3.8, 4) is 0 Å². The van der Waals surface area contributed by atoms with Gasteiger partial charge in [-0.1, -0.05) is 30.3 Å². The van der Waals surface area contributed by atoms with E-state index in [2.05, 4.69) is 5.32 Å². The molecule has 1 amide bonds. The van der Waals surface area contributed by atoms with Crippen molar-refractivity contribution in [2.24, 2.45) is 0 Å². The molecular weight excluding hydrogens is 190 g/mol. The van der Waals surface area contributed by atoms with E-state index >= 15 is 0 Å². The molecule has 0 heterocycles. The van der Waals surface area contributed by atoms with Gasteiger partial charge in [0, 0.05) is 5.69 Å². The zero-order valence-corrected chi connectivity index (χ0v) is 8.07. The standard InChI is InChI=1S/C12H10NO2/c14-8-12(15)13-11-6-5-9-3-1-2-4-10(9)7-11/h1-7H,8H2,(H,13,15). The van der Waals surface area contributed by atoms with E-state index in [-0.39, 0.29) is 0 Å². The van der Waals surface area contributed by atoms with E-state index in [4.69, 9.17) is 0 Å². The van der Waals surface area contributed by atoms with Gasteiger partial charge in [0.15, 0.2) is 6.61 Å². The minimum atomic E-state index is -0.743. The number of rotatable bonds is 2. The molecule has 0 aliphatic heterocycles. The van der Waals surface area contributed by atoms with Gasteiger partial charge in [-0.25, -0.2) is 5.11 Å². The number of benzene rings is 2. The van der Waals surface area contributed by atoms with Crippen LogP contribution in [-0.4, -0.2) is 12.5 Å². The molecule has 0 aliphatic carbocycles. The molecule has 0 saturated carbocycles. The molecule has 15 heavy (non-hydrogen) atoms. The summed E-state index contributed by atoms with van der Waals surface area (Å²) in [5.74, 6) is -0.509. The highest BCUT2D eigenvalue weighted by molar-refractivity contribution is 5.94. The predicted octanol–water partition coefficient (Wildman–Crippen LogP) is 2.21. The number of anilines is 1. The van der Waals surface area contributed by atoms with Crippen LogP contribution in [0.1, 0.15) is 0 Å². The van der Waals surface area contributed by atoms with Gasteiger partial charge in [0.25, 0.3) is 5.91 Å². The number of amides is 1. The van der Waals surface area contributed by atoms with E-state index in [1.807, 2.05) is 36.4 Å². The van der Waals surface area contributed by atoms with Gasteiger partial charge < -0.3 is 5.32 Å². The second kappa shape index (κ2) is 4.11. The smallest absolute Gasteiger partial charge is 0.253 e. The fraction of sp³-hybridized carbons (Fsp3) is 0.0833. The Bertz CT molecular complexity index is 494. The van der Waals surface area contributed by atoms with Crippen molar-refractivity contribution in [1.82, 2.24) is 0 Å². The normalized spacial score (nSPS) is 10.2. The molecule has 0 fully saturated rings. The SMILES string of the molecule is [O]CC(=O)Nc1ccc2ccccc2c1. The monoisotopic (exact) mass is 200 g/mol. The molecule has 1 N–H and O–H groups in total. The molecule has 0 aliphatic rings. The van der Waals surface area contributed by atoms with Gasteiger partial charge in [-0.3, -0.25) is 4.79 Å². The minimum Gasteiger partial charge on any atom is -0.324 e. The van der Waals surface area contributed by atoms with Crippen molar-refractivity contribution >= 4 is 22.4 Å². The molecule has 1 radical (unpaired) electrons. The maximum absolute atomic E-state index is 10.9. The highest BCUT2D eigenvalue weighted by atomic mass is 16.3. The van der Waals surface area contributed by atoms with E-state index < -0.39 is 12.5 Å². The minimum absolute atomic E-state index is 0.509. The maximum Gasteiger partial charge on any atom is 0.253 e. The fourth-order valence-corrected chi connectivity index (χ4v) is 1.46. The summed E-state index contributed by atoms with van der Waals surface area (Å²) in [6, 6.07) is 13.4. The van der Waals surface area contributed by atoms with Crippen LogP contribution in [0.4, 0.5) is 5.69 Å². The molecule has 0 bridgehead atoms. The van der Waals surface area contributed by atoms with Crippen LogP contribution in [0.5, 0.6) is 0 Å². The highest BCUT2D eigenvalue weighted by Gasteiger charge is 2.00. The van der Waals surface area contributed by atoms with Crippen molar-refractivity contribution in [3.63, 3.8) is 0 Å². The van der Waals surface area contributed by atoms with Crippen molar-refractivity contribution < 1.29 is 9.90 Å². The molecule has 0 unspecified atom stereocenters. The van der Waals surface area contributed by atoms with Crippen LogP contribution in [-0.2, 0) is 9.90 Å². The van der Waals surface area contributed by atoms with E-state index in [0.717, 1.165) is 10.8 Å². The topological polar surface area (TPSA) is 49.0 Å². The van der Waals surface area contributed by atoms with Crippen LogP contribution in [0, 0.1) is 0 Å². The number of hydrogen-bond acceptors (Lipinski definition) is 1. The van der Waals surface area contributed by atoms with Crippen molar-refractivity contribution in [1.29, 1.82) is 0 Å². The van der Waals surface area contributed by atoms with E-state index in [1.165, 1.54) is 0 Å². The molecular formula is C12H10NO2. The summed E-state index contributed by atoms with van der Waals surface area (Å²) in [7, 11) is 0. The lowest BCUT2D eigenvalue weighted by molar-refractivity contribution is -0.120. The largest absolute Gasteiger partial charge is 0.324 e. The summed E-state index contributed by atoms with van der Waals surface area (Å²) in [5, 5.41) is 15.0. The zero-order valence-electron chi connectivity index (χ0n) is 8.07. The molecule has 0 spiro atoms. The van der Waals surface area contributed by atoms with Gasteiger partial charge >= 0.3 is 0 Å². The van der Waals surface area contributed by atoms with Crippen LogP contribution in [0.2, 0.25) is 0 Å². The molecule has 2 rings (SSSR count). The molecule has 3 nitrogen and oxygen atoms in total. The first-order valence-corrected chi connectivity index (χ1v) is 4.66. The molecule has 0 saturated heterocycles. The van der Waals surface area contributed by atoms with Gasteiger partial charge in [0.1, 0.15) is 0 Å². The Morgan fingerprint density at radius 1 is 1.07 bits per heavy atom. The van der Waals surface area contributed by atoms with Gasteiger partial charge in [0.05, 0.1) is 0 Å². The van der Waals surface area contributed by atoms with Crippen LogP contribution in [0.25, 0.3) is 10.8 Å². The van der Waals surface area contributed by atoms with Crippen LogP contribution in [0.3, 0.4) is 0 Å². The predicted molar refractivity (Wildman–Crippen MR) is 58.1 cm³/mol. The first-order valence-electron chi connectivity index (χ1n) is 4.66. The number of carbonyl (C=O) groups excluding carboxylic acids is 1. The Labute approximate surface area is 87.3 Å². The van der Waals surface area contributed by atoms with Crippen molar-refractivity contribution in [2.75, 3.05) is 11.9 Å². The van der Waals surface area contributed by atoms with Crippen LogP contribution < -0.4 is 5.32 Å². The van der Waals surface area contributed by atoms with E-state index in [0.29, 0.717) is 5.69 Å². The van der Waals surface area contributed by atoms with Crippen molar-refractivity contribution in [3.05, 3.63) is 42.5 Å². The number of hydrogen-bond donors (Lipinski definition) is 1. The summed E-state index contributed by atoms with van der Waals surface area (Å²) in [4.78, 5) is 10.9. The Kier molecular flexibility index (Phi) is 2.65. The summed E-state index contributed by atoms with van der Waals surface area (Å²) in [5.41, 5.74) is 0.662. The summed E-state index contributed by atoms with van der Waals surface area (Å²) in [6.07, 6.45) is 0. The molecule has 0 aromatic heterocycles. The summed E-state index contributed by atoms with van der Waals surface area (Å²) < 4.78 is 0. The highest BCUT2D eigenvalue weighted by Crippen LogP contribution is 2.18. The Morgan fingerprint density at radius 3 is 2.53 bits per heavy atom. The third kappa shape index (κ3) is 2.14. The van der Waals surface area contributed by atoms with Crippen LogP contribution >= 0.6 is 0 Å². The average Bonchev–Trinajstić information content (AvgIpc) is 2.29. The second-order valence-electron chi connectivity index (χ2n) is 3.25. The first-order chi connectivity index (χ1) is 7.29. The summed E-state index contributed by atoms with van der Waals surface area (Å²) >= 11 is 0.